The number of hydrogen-bond acceptors (Lipinski definition) is 3. The van der Waals surface area contributed by atoms with Crippen LogP contribution in [0, 0.1) is 30.6 Å². The molecule has 4 atom stereocenters. The summed E-state index contributed by atoms with van der Waals surface area (Å²) < 4.78 is 0. The Bertz CT molecular complexity index is 658. The fourth-order valence-electron chi connectivity index (χ4n) is 3.95. The van der Waals surface area contributed by atoms with Crippen LogP contribution in [0.3, 0.4) is 0 Å². The Balaban J connectivity index is 1.60. The van der Waals surface area contributed by atoms with Gasteiger partial charge in [-0.05, 0) is 37.2 Å². The minimum absolute atomic E-state index is 0.127. The van der Waals surface area contributed by atoms with Gasteiger partial charge < -0.3 is 0 Å². The van der Waals surface area contributed by atoms with Crippen molar-refractivity contribution in [1.82, 2.24) is 5.01 Å². The standard InChI is InChI=1S/C18H18N2O2/c1-11-2-4-12(5-3-11)10-19-20-17(21)15-13-6-7-14(9-8-13)16(15)18(20)22/h2-7,10,13-16H,8-9H2,1H3/b19-10+. The topological polar surface area (TPSA) is 49.7 Å². The first-order valence-electron chi connectivity index (χ1n) is 7.82. The van der Waals surface area contributed by atoms with E-state index >= 15 is 0 Å². The zero-order valence-electron chi connectivity index (χ0n) is 12.5. The van der Waals surface area contributed by atoms with Crippen LogP contribution in [0.2, 0.25) is 0 Å². The van der Waals surface area contributed by atoms with Gasteiger partial charge in [0, 0.05) is 0 Å². The lowest BCUT2D eigenvalue weighted by atomic mass is 9.63. The van der Waals surface area contributed by atoms with Gasteiger partial charge in [-0.3, -0.25) is 9.59 Å². The van der Waals surface area contributed by atoms with E-state index in [0.29, 0.717) is 0 Å². The largest absolute Gasteiger partial charge is 0.272 e. The Hall–Kier alpha value is -2.23. The van der Waals surface area contributed by atoms with Gasteiger partial charge in [-0.1, -0.05) is 42.0 Å². The number of allylic oxidation sites excluding steroid dienone is 2. The molecule has 0 N–H and O–H groups in total. The summed E-state index contributed by atoms with van der Waals surface area (Å²) in [6.07, 6.45) is 7.86. The summed E-state index contributed by atoms with van der Waals surface area (Å²) >= 11 is 0. The van der Waals surface area contributed by atoms with Crippen LogP contribution < -0.4 is 0 Å². The number of hydrogen-bond donors (Lipinski definition) is 0. The SMILES string of the molecule is Cc1ccc(/C=N/N2C(=O)C3C4C=CC(CC4)C3C2=O)cc1. The van der Waals surface area contributed by atoms with Crippen LogP contribution in [0.1, 0.15) is 24.0 Å². The molecule has 1 aromatic carbocycles. The summed E-state index contributed by atoms with van der Waals surface area (Å²) in [7, 11) is 0. The summed E-state index contributed by atoms with van der Waals surface area (Å²) in [5, 5.41) is 5.29. The highest BCUT2D eigenvalue weighted by Crippen LogP contribution is 2.49. The zero-order chi connectivity index (χ0) is 15.3. The predicted molar refractivity (Wildman–Crippen MR) is 83.0 cm³/mol. The molecule has 2 amide bonds. The second-order valence-electron chi connectivity index (χ2n) is 6.49. The number of amides is 2. The maximum atomic E-state index is 12.6. The Morgan fingerprint density at radius 1 is 1.00 bits per heavy atom. The molecule has 1 aliphatic heterocycles. The normalized spacial score (nSPS) is 33.0. The number of carbonyl (C=O) groups excluding carboxylic acids is 2. The lowest BCUT2D eigenvalue weighted by molar-refractivity contribution is -0.140. The van der Waals surface area contributed by atoms with Gasteiger partial charge in [-0.25, -0.2) is 0 Å². The highest BCUT2D eigenvalue weighted by molar-refractivity contribution is 6.06. The van der Waals surface area contributed by atoms with Gasteiger partial charge in [0.25, 0.3) is 11.8 Å². The van der Waals surface area contributed by atoms with Crippen molar-refractivity contribution >= 4 is 18.0 Å². The van der Waals surface area contributed by atoms with E-state index in [1.807, 2.05) is 31.2 Å². The molecule has 22 heavy (non-hydrogen) atoms. The number of aryl methyl sites for hydroxylation is 1. The summed E-state index contributed by atoms with van der Waals surface area (Å²) in [5.74, 6) is -0.204. The fourth-order valence-corrected chi connectivity index (χ4v) is 3.95. The van der Waals surface area contributed by atoms with Crippen molar-refractivity contribution in [3.8, 4) is 0 Å². The van der Waals surface area contributed by atoms with E-state index in [1.165, 1.54) is 5.56 Å². The van der Waals surface area contributed by atoms with E-state index in [1.54, 1.807) is 6.21 Å². The van der Waals surface area contributed by atoms with Crippen LogP contribution in [0.15, 0.2) is 41.5 Å². The molecule has 0 aromatic heterocycles. The van der Waals surface area contributed by atoms with Crippen molar-refractivity contribution in [2.75, 3.05) is 0 Å². The third-order valence-electron chi connectivity index (χ3n) is 5.14. The van der Waals surface area contributed by atoms with E-state index in [9.17, 15) is 9.59 Å². The summed E-state index contributed by atoms with van der Waals surface area (Å²) in [4.78, 5) is 25.1. The zero-order valence-corrected chi connectivity index (χ0v) is 12.5. The molecule has 4 heteroatoms. The molecule has 3 aliphatic carbocycles. The first-order valence-corrected chi connectivity index (χ1v) is 7.82. The lowest BCUT2D eigenvalue weighted by Crippen LogP contribution is -2.38. The van der Waals surface area contributed by atoms with Crippen molar-refractivity contribution in [1.29, 1.82) is 0 Å². The lowest BCUT2D eigenvalue weighted by Gasteiger charge is -2.37. The van der Waals surface area contributed by atoms with Crippen LogP contribution >= 0.6 is 0 Å². The Kier molecular flexibility index (Phi) is 2.99. The van der Waals surface area contributed by atoms with Crippen LogP contribution in [-0.4, -0.2) is 23.0 Å². The number of hydrazone groups is 1. The summed E-state index contributed by atoms with van der Waals surface area (Å²) in [6.45, 7) is 2.02. The average molecular weight is 294 g/mol. The van der Waals surface area contributed by atoms with Crippen molar-refractivity contribution < 1.29 is 9.59 Å². The van der Waals surface area contributed by atoms with Gasteiger partial charge in [0.1, 0.15) is 0 Å². The van der Waals surface area contributed by atoms with Crippen LogP contribution in [0.25, 0.3) is 0 Å². The van der Waals surface area contributed by atoms with E-state index in [-0.39, 0.29) is 35.5 Å². The molecule has 1 aromatic rings. The molecular formula is C18H18N2O2. The Morgan fingerprint density at radius 2 is 1.55 bits per heavy atom. The molecule has 2 bridgehead atoms. The Labute approximate surface area is 129 Å². The minimum Gasteiger partial charge on any atom is -0.272 e. The summed E-state index contributed by atoms with van der Waals surface area (Å²) in [6, 6.07) is 7.84. The van der Waals surface area contributed by atoms with Gasteiger partial charge in [0.15, 0.2) is 0 Å². The second-order valence-corrected chi connectivity index (χ2v) is 6.49. The van der Waals surface area contributed by atoms with Crippen molar-refractivity contribution in [3.05, 3.63) is 47.5 Å². The van der Waals surface area contributed by atoms with E-state index in [2.05, 4.69) is 17.3 Å². The molecule has 4 nitrogen and oxygen atoms in total. The minimum atomic E-state index is -0.189. The van der Waals surface area contributed by atoms with Crippen LogP contribution in [-0.2, 0) is 9.59 Å². The van der Waals surface area contributed by atoms with Gasteiger partial charge in [0.2, 0.25) is 0 Å². The molecular weight excluding hydrogens is 276 g/mol. The van der Waals surface area contributed by atoms with E-state index in [4.69, 9.17) is 0 Å². The number of nitrogens with zero attached hydrogens (tertiary/aromatic N) is 2. The smallest absolute Gasteiger partial charge is 0.254 e. The van der Waals surface area contributed by atoms with Gasteiger partial charge >= 0.3 is 0 Å². The summed E-state index contributed by atoms with van der Waals surface area (Å²) in [5.41, 5.74) is 2.06. The third-order valence-corrected chi connectivity index (χ3v) is 5.14. The fraction of sp³-hybridized carbons (Fsp3) is 0.389. The van der Waals surface area contributed by atoms with Crippen molar-refractivity contribution in [3.63, 3.8) is 0 Å². The molecule has 4 unspecified atom stereocenters. The molecule has 112 valence electrons. The molecule has 1 saturated heterocycles. The molecule has 5 rings (SSSR count). The number of carbonyl (C=O) groups is 2. The van der Waals surface area contributed by atoms with E-state index < -0.39 is 0 Å². The third kappa shape index (κ3) is 1.94. The second kappa shape index (κ2) is 4.90. The molecule has 1 heterocycles. The van der Waals surface area contributed by atoms with Gasteiger partial charge in [-0.15, -0.1) is 0 Å². The number of rotatable bonds is 2. The van der Waals surface area contributed by atoms with Crippen molar-refractivity contribution in [2.45, 2.75) is 19.8 Å². The number of benzene rings is 1. The van der Waals surface area contributed by atoms with Crippen LogP contribution in [0.5, 0.6) is 0 Å². The first-order chi connectivity index (χ1) is 10.6. The molecule has 4 aliphatic rings. The first kappa shape index (κ1) is 13.4. The highest BCUT2D eigenvalue weighted by atomic mass is 16.2. The Morgan fingerprint density at radius 3 is 2.05 bits per heavy atom. The maximum absolute atomic E-state index is 12.6. The molecule has 1 saturated carbocycles. The molecule has 0 radical (unpaired) electrons. The maximum Gasteiger partial charge on any atom is 0.254 e. The predicted octanol–water partition coefficient (Wildman–Crippen LogP) is 2.53. The number of fused-ring (bicyclic) bond motifs is 1. The molecule has 0 spiro atoms. The van der Waals surface area contributed by atoms with Gasteiger partial charge in [-0.2, -0.15) is 10.1 Å². The monoisotopic (exact) mass is 294 g/mol. The molecule has 2 fully saturated rings. The van der Waals surface area contributed by atoms with E-state index in [0.717, 1.165) is 23.4 Å². The highest BCUT2D eigenvalue weighted by Gasteiger charge is 2.56. The number of imide groups is 1. The van der Waals surface area contributed by atoms with Gasteiger partial charge in [0.05, 0.1) is 18.1 Å². The quantitative estimate of drug-likeness (QED) is 0.478. The van der Waals surface area contributed by atoms with Crippen molar-refractivity contribution in [2.24, 2.45) is 28.8 Å². The van der Waals surface area contributed by atoms with Crippen LogP contribution in [0.4, 0.5) is 0 Å². The average Bonchev–Trinajstić information content (AvgIpc) is 2.82.